The average Bonchev–Trinajstić information content (AvgIpc) is 3.54. The van der Waals surface area contributed by atoms with Gasteiger partial charge in [-0.1, -0.05) is 92.5 Å². The van der Waals surface area contributed by atoms with Crippen LogP contribution < -0.4 is 10.4 Å². The van der Waals surface area contributed by atoms with Gasteiger partial charge in [-0.3, -0.25) is 4.99 Å². The molecule has 0 atom stereocenters. The van der Waals surface area contributed by atoms with E-state index in [1.807, 2.05) is 30.4 Å². The van der Waals surface area contributed by atoms with E-state index >= 15 is 0 Å². The number of benzene rings is 2. The fourth-order valence-corrected chi connectivity index (χ4v) is 5.75. The van der Waals surface area contributed by atoms with Gasteiger partial charge in [-0.15, -0.1) is 0 Å². The van der Waals surface area contributed by atoms with Crippen LogP contribution in [-0.2, 0) is 4.74 Å². The molecule has 1 aliphatic heterocycles. The van der Waals surface area contributed by atoms with Crippen LogP contribution in [0.25, 0.3) is 34.4 Å². The number of furan rings is 1. The zero-order valence-electron chi connectivity index (χ0n) is 26.1. The van der Waals surface area contributed by atoms with Crippen molar-refractivity contribution in [1.82, 2.24) is 0 Å². The Morgan fingerprint density at radius 1 is 1.05 bits per heavy atom. The molecule has 44 heavy (non-hydrogen) atoms. The first kappa shape index (κ1) is 30.6. The van der Waals surface area contributed by atoms with Crippen LogP contribution >= 0.6 is 0 Å². The summed E-state index contributed by atoms with van der Waals surface area (Å²) in [5, 5.41) is 3.66. The van der Waals surface area contributed by atoms with Gasteiger partial charge in [0.25, 0.3) is 0 Å². The van der Waals surface area contributed by atoms with Gasteiger partial charge in [-0.25, -0.2) is 0 Å². The van der Waals surface area contributed by atoms with E-state index < -0.39 is 0 Å². The average molecular weight is 580 g/mol. The fourth-order valence-electron chi connectivity index (χ4n) is 5.75. The van der Waals surface area contributed by atoms with Crippen LogP contribution in [0.5, 0.6) is 0 Å². The predicted octanol–water partition coefficient (Wildman–Crippen LogP) is 9.56. The van der Waals surface area contributed by atoms with Crippen molar-refractivity contribution in [2.75, 3.05) is 6.61 Å². The van der Waals surface area contributed by atoms with Crippen LogP contribution in [0.15, 0.2) is 142 Å². The molecular formula is C41H41NO2. The molecule has 222 valence electrons. The Labute approximate surface area is 261 Å². The maximum Gasteiger partial charge on any atom is 0.133 e. The molecule has 0 amide bonds. The van der Waals surface area contributed by atoms with Gasteiger partial charge in [0, 0.05) is 23.1 Å². The van der Waals surface area contributed by atoms with Crippen molar-refractivity contribution in [3.05, 3.63) is 155 Å². The first-order valence-electron chi connectivity index (χ1n) is 15.4. The second-order valence-electron chi connectivity index (χ2n) is 11.0. The van der Waals surface area contributed by atoms with Crippen molar-refractivity contribution < 1.29 is 9.15 Å². The maximum atomic E-state index is 6.23. The summed E-state index contributed by atoms with van der Waals surface area (Å²) in [5.41, 5.74) is 9.65. The normalized spacial score (nSPS) is 20.1. The van der Waals surface area contributed by atoms with Gasteiger partial charge < -0.3 is 9.15 Å². The van der Waals surface area contributed by atoms with E-state index in [0.29, 0.717) is 6.61 Å². The standard InChI is InChI=1S/C41H41NO2/c1-6-12-38(35-22-23-40-36(28-35)24-26-44-40)42-30(5)32-17-11-25-43-39(8-3)33(21-20-32)19-18-29(4)27-37-16-10-15-34-14-9-13-31(7-2)41(34)37/h6-7,10-12,14-20,22-24,26-28H,1-2,8-9,13,21,25H2,3-5H3/b17-11-,19-18+,29-27+,32-20+,38-12-,39-33-,42-30+. The van der Waals surface area contributed by atoms with Crippen LogP contribution in [0.2, 0.25) is 0 Å². The van der Waals surface area contributed by atoms with E-state index in [1.54, 1.807) is 12.3 Å². The van der Waals surface area contributed by atoms with Crippen LogP contribution in [0.4, 0.5) is 0 Å². The Kier molecular flexibility index (Phi) is 10.1. The number of rotatable bonds is 9. The molecule has 2 aromatic carbocycles. The molecule has 0 N–H and O–H groups in total. The Balaban J connectivity index is 1.43. The first-order chi connectivity index (χ1) is 21.5. The number of ether oxygens (including phenoxy) is 1. The molecule has 2 aliphatic rings. The van der Waals surface area contributed by atoms with E-state index in [2.05, 4.69) is 101 Å². The lowest BCUT2D eigenvalue weighted by Crippen LogP contribution is -2.31. The number of fused-ring (bicyclic) bond motifs is 2. The summed E-state index contributed by atoms with van der Waals surface area (Å²) >= 11 is 0. The molecule has 5 rings (SSSR count). The molecule has 0 radical (unpaired) electrons. The van der Waals surface area contributed by atoms with Crippen molar-refractivity contribution in [1.29, 1.82) is 0 Å². The third-order valence-corrected chi connectivity index (χ3v) is 8.01. The summed E-state index contributed by atoms with van der Waals surface area (Å²) in [4.78, 5) is 5.05. The number of allylic oxidation sites excluding steroid dienone is 11. The fraction of sp³-hybridized carbons (Fsp3) is 0.195. The van der Waals surface area contributed by atoms with E-state index in [-0.39, 0.29) is 0 Å². The molecule has 3 heteroatoms. The molecule has 3 nitrogen and oxygen atoms in total. The lowest BCUT2D eigenvalue weighted by atomic mass is 9.95. The Morgan fingerprint density at radius 3 is 2.75 bits per heavy atom. The minimum Gasteiger partial charge on any atom is -0.494 e. The summed E-state index contributed by atoms with van der Waals surface area (Å²) in [6, 6.07) is 14.6. The Hall–Kier alpha value is -4.89. The van der Waals surface area contributed by atoms with E-state index in [4.69, 9.17) is 14.1 Å². The van der Waals surface area contributed by atoms with Crippen molar-refractivity contribution in [3.63, 3.8) is 0 Å². The first-order valence-corrected chi connectivity index (χ1v) is 15.4. The molecule has 1 aliphatic carbocycles. The zero-order chi connectivity index (χ0) is 30.9. The number of hydrogen-bond donors (Lipinski definition) is 0. The Morgan fingerprint density at radius 2 is 1.93 bits per heavy atom. The minimum absolute atomic E-state index is 0.513. The minimum atomic E-state index is 0.513. The molecule has 0 unspecified atom stereocenters. The molecule has 2 heterocycles. The van der Waals surface area contributed by atoms with Gasteiger partial charge in [0.05, 0.1) is 17.7 Å². The molecule has 0 fully saturated rings. The molecule has 0 saturated carbocycles. The van der Waals surface area contributed by atoms with Crippen molar-refractivity contribution in [2.24, 2.45) is 4.99 Å². The van der Waals surface area contributed by atoms with E-state index in [9.17, 15) is 0 Å². The summed E-state index contributed by atoms with van der Waals surface area (Å²) in [7, 11) is 0. The lowest BCUT2D eigenvalue weighted by molar-refractivity contribution is 0.235. The van der Waals surface area contributed by atoms with Crippen LogP contribution in [0.3, 0.4) is 0 Å². The highest BCUT2D eigenvalue weighted by Gasteiger charge is 2.10. The molecular weight excluding hydrogens is 538 g/mol. The van der Waals surface area contributed by atoms with Crippen LogP contribution in [0.1, 0.15) is 57.6 Å². The monoisotopic (exact) mass is 579 g/mol. The molecule has 0 saturated heterocycles. The lowest BCUT2D eigenvalue weighted by Gasteiger charge is -2.11. The van der Waals surface area contributed by atoms with Crippen LogP contribution in [0, 0.1) is 0 Å². The largest absolute Gasteiger partial charge is 0.494 e. The Bertz CT molecular complexity index is 1910. The topological polar surface area (TPSA) is 34.7 Å². The molecule has 0 bridgehead atoms. The van der Waals surface area contributed by atoms with Gasteiger partial charge in [0.1, 0.15) is 12.2 Å². The van der Waals surface area contributed by atoms with E-state index in [1.165, 1.54) is 32.7 Å². The second-order valence-corrected chi connectivity index (χ2v) is 11.0. The number of hydrogen-bond acceptors (Lipinski definition) is 3. The zero-order valence-corrected chi connectivity index (χ0v) is 26.1. The highest BCUT2D eigenvalue weighted by atomic mass is 16.5. The molecule has 3 aromatic rings. The predicted molar refractivity (Wildman–Crippen MR) is 188 cm³/mol. The molecule has 1 aromatic heterocycles. The number of aliphatic imine (C=N–C) groups is 1. The van der Waals surface area contributed by atoms with Gasteiger partial charge in [-0.2, -0.15) is 0 Å². The smallest absolute Gasteiger partial charge is 0.133 e. The quantitative estimate of drug-likeness (QED) is 0.187. The summed E-state index contributed by atoms with van der Waals surface area (Å²) in [6.07, 6.45) is 26.6. The van der Waals surface area contributed by atoms with Crippen molar-refractivity contribution >= 4 is 40.1 Å². The van der Waals surface area contributed by atoms with E-state index in [0.717, 1.165) is 65.0 Å². The van der Waals surface area contributed by atoms with Gasteiger partial charge >= 0.3 is 0 Å². The summed E-state index contributed by atoms with van der Waals surface area (Å²) < 4.78 is 11.8. The SMILES string of the molecule is C=C\C=C(/N=C(C)/C1=C/CC(/C=C/C(C)=C/c2cccc3c2=C(C=C)CCC=3)=C(/CC)OC/C=C\1)c1ccc2occc2c1. The second kappa shape index (κ2) is 14.5. The van der Waals surface area contributed by atoms with Gasteiger partial charge in [0.15, 0.2) is 0 Å². The van der Waals surface area contributed by atoms with Crippen LogP contribution in [-0.4, -0.2) is 12.3 Å². The molecule has 0 spiro atoms. The maximum absolute atomic E-state index is 6.23. The highest BCUT2D eigenvalue weighted by Crippen LogP contribution is 2.25. The van der Waals surface area contributed by atoms with Crippen molar-refractivity contribution in [3.8, 4) is 0 Å². The number of nitrogens with zero attached hydrogens (tertiary/aromatic N) is 1. The summed E-state index contributed by atoms with van der Waals surface area (Å²) in [5.74, 6) is 1.01. The van der Waals surface area contributed by atoms with Gasteiger partial charge in [-0.05, 0) is 102 Å². The van der Waals surface area contributed by atoms with Crippen molar-refractivity contribution in [2.45, 2.75) is 46.5 Å². The van der Waals surface area contributed by atoms with Gasteiger partial charge in [0.2, 0.25) is 0 Å². The highest BCUT2D eigenvalue weighted by molar-refractivity contribution is 6.03. The third kappa shape index (κ3) is 7.18. The summed E-state index contributed by atoms with van der Waals surface area (Å²) in [6.45, 7) is 14.9. The third-order valence-electron chi connectivity index (χ3n) is 8.01.